The monoisotopic (exact) mass is 282 g/mol. The van der Waals surface area contributed by atoms with Gasteiger partial charge in [0.15, 0.2) is 0 Å². The molecule has 2 aromatic carbocycles. The number of nitrogens with one attached hydrogen (secondary N) is 1. The van der Waals surface area contributed by atoms with Gasteiger partial charge in [0, 0.05) is 6.20 Å². The van der Waals surface area contributed by atoms with Gasteiger partial charge in [0.1, 0.15) is 5.82 Å². The first-order valence-corrected chi connectivity index (χ1v) is 6.60. The van der Waals surface area contributed by atoms with Crippen molar-refractivity contribution in [1.82, 2.24) is 15.2 Å². The van der Waals surface area contributed by atoms with E-state index in [1.165, 1.54) is 12.1 Å². The molecule has 3 aromatic rings. The van der Waals surface area contributed by atoms with E-state index in [0.717, 1.165) is 16.9 Å². The van der Waals surface area contributed by atoms with Gasteiger partial charge in [-0.1, -0.05) is 30.3 Å². The van der Waals surface area contributed by atoms with Crippen LogP contribution in [0.4, 0.5) is 4.39 Å². The second-order valence-corrected chi connectivity index (χ2v) is 4.65. The first-order valence-electron chi connectivity index (χ1n) is 6.60. The maximum Gasteiger partial charge on any atom is 0.123 e. The standard InChI is InChI=1S/C16H15FN4/c17-13-8-6-12(7-9-13)16(20-18)15-10-11-19-21(15)14-4-2-1-3-5-14/h1-11,16,20H,18H2. The molecule has 0 aliphatic rings. The predicted octanol–water partition coefficient (Wildman–Crippen LogP) is 2.56. The quantitative estimate of drug-likeness (QED) is 0.571. The molecule has 1 atom stereocenters. The van der Waals surface area contributed by atoms with Crippen molar-refractivity contribution in [1.29, 1.82) is 0 Å². The maximum atomic E-state index is 13.1. The molecule has 5 heteroatoms. The molecule has 4 nitrogen and oxygen atoms in total. The van der Waals surface area contributed by atoms with Gasteiger partial charge in [0.25, 0.3) is 0 Å². The Kier molecular flexibility index (Phi) is 3.77. The summed E-state index contributed by atoms with van der Waals surface area (Å²) in [4.78, 5) is 0. The van der Waals surface area contributed by atoms with Crippen LogP contribution in [0.3, 0.4) is 0 Å². The Labute approximate surface area is 122 Å². The van der Waals surface area contributed by atoms with Crippen LogP contribution in [0.15, 0.2) is 66.9 Å². The van der Waals surface area contributed by atoms with E-state index in [1.807, 2.05) is 41.1 Å². The van der Waals surface area contributed by atoms with Crippen LogP contribution in [-0.4, -0.2) is 9.78 Å². The number of aromatic nitrogens is 2. The third-order valence-corrected chi connectivity index (χ3v) is 3.34. The summed E-state index contributed by atoms with van der Waals surface area (Å²) in [6.45, 7) is 0. The molecular weight excluding hydrogens is 267 g/mol. The van der Waals surface area contributed by atoms with Crippen molar-refractivity contribution in [2.75, 3.05) is 0 Å². The highest BCUT2D eigenvalue weighted by molar-refractivity contribution is 5.36. The lowest BCUT2D eigenvalue weighted by Gasteiger charge is -2.18. The second-order valence-electron chi connectivity index (χ2n) is 4.65. The van der Waals surface area contributed by atoms with Crippen molar-refractivity contribution in [2.45, 2.75) is 6.04 Å². The fourth-order valence-electron chi connectivity index (χ4n) is 2.32. The van der Waals surface area contributed by atoms with Crippen LogP contribution in [0.2, 0.25) is 0 Å². The van der Waals surface area contributed by atoms with Gasteiger partial charge in [0.05, 0.1) is 17.4 Å². The van der Waals surface area contributed by atoms with Crippen molar-refractivity contribution in [3.63, 3.8) is 0 Å². The first kappa shape index (κ1) is 13.5. The number of rotatable bonds is 4. The molecule has 106 valence electrons. The fourth-order valence-corrected chi connectivity index (χ4v) is 2.32. The highest BCUT2D eigenvalue weighted by atomic mass is 19.1. The Morgan fingerprint density at radius 1 is 1.00 bits per heavy atom. The third kappa shape index (κ3) is 2.69. The van der Waals surface area contributed by atoms with E-state index >= 15 is 0 Å². The molecule has 0 saturated heterocycles. The summed E-state index contributed by atoms with van der Waals surface area (Å²) in [5.41, 5.74) is 5.47. The first-order chi connectivity index (χ1) is 10.3. The van der Waals surface area contributed by atoms with Gasteiger partial charge < -0.3 is 0 Å². The molecule has 0 aliphatic heterocycles. The zero-order valence-electron chi connectivity index (χ0n) is 11.3. The smallest absolute Gasteiger partial charge is 0.123 e. The number of hydrogen-bond acceptors (Lipinski definition) is 3. The summed E-state index contributed by atoms with van der Waals surface area (Å²) < 4.78 is 14.9. The lowest BCUT2D eigenvalue weighted by atomic mass is 10.0. The average Bonchev–Trinajstić information content (AvgIpc) is 3.00. The summed E-state index contributed by atoms with van der Waals surface area (Å²) in [6.07, 6.45) is 1.72. The Bertz CT molecular complexity index is 707. The normalized spacial score (nSPS) is 12.3. The second kappa shape index (κ2) is 5.87. The highest BCUT2D eigenvalue weighted by Gasteiger charge is 2.17. The highest BCUT2D eigenvalue weighted by Crippen LogP contribution is 2.23. The van der Waals surface area contributed by atoms with Crippen LogP contribution >= 0.6 is 0 Å². The Hall–Kier alpha value is -2.50. The lowest BCUT2D eigenvalue weighted by Crippen LogP contribution is -2.30. The molecule has 0 amide bonds. The zero-order chi connectivity index (χ0) is 14.7. The number of hydrogen-bond donors (Lipinski definition) is 2. The van der Waals surface area contributed by atoms with Crippen LogP contribution < -0.4 is 11.3 Å². The molecule has 0 fully saturated rings. The molecule has 1 aromatic heterocycles. The molecule has 1 unspecified atom stereocenters. The van der Waals surface area contributed by atoms with Gasteiger partial charge in [0.2, 0.25) is 0 Å². The van der Waals surface area contributed by atoms with Gasteiger partial charge in [-0.15, -0.1) is 0 Å². The zero-order valence-corrected chi connectivity index (χ0v) is 11.3. The van der Waals surface area contributed by atoms with Crippen LogP contribution in [0.25, 0.3) is 5.69 Å². The molecule has 0 radical (unpaired) electrons. The van der Waals surface area contributed by atoms with Crippen molar-refractivity contribution < 1.29 is 4.39 Å². The predicted molar refractivity (Wildman–Crippen MR) is 79.1 cm³/mol. The van der Waals surface area contributed by atoms with Crippen LogP contribution in [0, 0.1) is 5.82 Å². The van der Waals surface area contributed by atoms with E-state index in [9.17, 15) is 4.39 Å². The SMILES string of the molecule is NNC(c1ccc(F)cc1)c1ccnn1-c1ccccc1. The summed E-state index contributed by atoms with van der Waals surface area (Å²) in [5, 5.41) is 4.35. The Morgan fingerprint density at radius 2 is 1.71 bits per heavy atom. The van der Waals surface area contributed by atoms with E-state index in [0.29, 0.717) is 0 Å². The molecule has 0 aliphatic carbocycles. The van der Waals surface area contributed by atoms with Crippen molar-refractivity contribution in [2.24, 2.45) is 5.84 Å². The lowest BCUT2D eigenvalue weighted by molar-refractivity contribution is 0.591. The van der Waals surface area contributed by atoms with Crippen molar-refractivity contribution in [3.05, 3.63) is 83.9 Å². The topological polar surface area (TPSA) is 55.9 Å². The van der Waals surface area contributed by atoms with E-state index < -0.39 is 0 Å². The number of para-hydroxylation sites is 1. The molecule has 0 bridgehead atoms. The number of nitrogens with zero attached hydrogens (tertiary/aromatic N) is 2. The van der Waals surface area contributed by atoms with E-state index in [2.05, 4.69) is 10.5 Å². The molecule has 3 N–H and O–H groups in total. The summed E-state index contributed by atoms with van der Waals surface area (Å²) in [7, 11) is 0. The molecule has 3 rings (SSSR count). The average molecular weight is 282 g/mol. The van der Waals surface area contributed by atoms with E-state index in [1.54, 1.807) is 18.3 Å². The van der Waals surface area contributed by atoms with Gasteiger partial charge in [-0.25, -0.2) is 14.5 Å². The van der Waals surface area contributed by atoms with E-state index in [-0.39, 0.29) is 11.9 Å². The summed E-state index contributed by atoms with van der Waals surface area (Å²) in [5.74, 6) is 5.42. The molecular formula is C16H15FN4. The molecule has 1 heterocycles. The number of hydrazine groups is 1. The van der Waals surface area contributed by atoms with Crippen LogP contribution in [0.5, 0.6) is 0 Å². The number of halogens is 1. The molecule has 0 saturated carbocycles. The summed E-state index contributed by atoms with van der Waals surface area (Å²) in [6, 6.07) is 17.7. The van der Waals surface area contributed by atoms with Crippen molar-refractivity contribution in [3.8, 4) is 5.69 Å². The summed E-state index contributed by atoms with van der Waals surface area (Å²) >= 11 is 0. The van der Waals surface area contributed by atoms with Crippen LogP contribution in [-0.2, 0) is 0 Å². The van der Waals surface area contributed by atoms with Gasteiger partial charge in [-0.2, -0.15) is 5.10 Å². The third-order valence-electron chi connectivity index (χ3n) is 3.34. The number of nitrogens with two attached hydrogens (primary N) is 1. The Balaban J connectivity index is 2.03. The van der Waals surface area contributed by atoms with Gasteiger partial charge in [-0.05, 0) is 35.9 Å². The minimum atomic E-state index is -0.272. The molecule has 0 spiro atoms. The van der Waals surface area contributed by atoms with Crippen LogP contribution in [0.1, 0.15) is 17.3 Å². The minimum Gasteiger partial charge on any atom is -0.271 e. The minimum absolute atomic E-state index is 0.270. The maximum absolute atomic E-state index is 13.1. The molecule has 21 heavy (non-hydrogen) atoms. The fraction of sp³-hybridized carbons (Fsp3) is 0.0625. The largest absolute Gasteiger partial charge is 0.271 e. The number of benzene rings is 2. The van der Waals surface area contributed by atoms with Gasteiger partial charge in [-0.3, -0.25) is 5.84 Å². The van der Waals surface area contributed by atoms with Crippen molar-refractivity contribution >= 4 is 0 Å². The van der Waals surface area contributed by atoms with Gasteiger partial charge >= 0.3 is 0 Å². The Morgan fingerprint density at radius 3 is 2.38 bits per heavy atom. The van der Waals surface area contributed by atoms with E-state index in [4.69, 9.17) is 5.84 Å².